The van der Waals surface area contributed by atoms with E-state index in [2.05, 4.69) is 0 Å². The van der Waals surface area contributed by atoms with Gasteiger partial charge in [0.05, 0.1) is 0 Å². The molecule has 0 aromatic rings. The zero-order valence-corrected chi connectivity index (χ0v) is 11.1. The number of carbonyl (C=O) groups is 3. The van der Waals surface area contributed by atoms with Crippen molar-refractivity contribution >= 4 is 17.7 Å². The average molecular weight is 297 g/mol. The normalized spacial score (nSPS) is 9.27. The Bertz CT molecular complexity index is 259. The van der Waals surface area contributed by atoms with E-state index in [9.17, 15) is 23.2 Å². The molecule has 2 N–H and O–H groups in total. The molecule has 15 heavy (non-hydrogen) atoms. The van der Waals surface area contributed by atoms with Crippen LogP contribution < -0.4 is 5.32 Å². The summed E-state index contributed by atoms with van der Waals surface area (Å²) in [5, 5.41) is 1.28. The van der Waals surface area contributed by atoms with Crippen molar-refractivity contribution in [2.45, 2.75) is 19.3 Å². The van der Waals surface area contributed by atoms with Gasteiger partial charge in [-0.2, -0.15) is 8.78 Å². The van der Waals surface area contributed by atoms with E-state index in [1.54, 1.807) is 0 Å². The Kier molecular flexibility index (Phi) is 10.4. The molecule has 0 fully saturated rings. The summed E-state index contributed by atoms with van der Waals surface area (Å²) < 4.78 is 24.7. The number of amides is 3. The van der Waals surface area contributed by atoms with Gasteiger partial charge in [0.1, 0.15) is 5.91 Å². The minimum atomic E-state index is -4.45. The topological polar surface area (TPSA) is 87.0 Å². The van der Waals surface area contributed by atoms with E-state index in [1.807, 2.05) is 0 Å². The second-order valence-electron chi connectivity index (χ2n) is 2.13. The molecule has 0 aliphatic carbocycles. The molecular formula is C7H10F2N2O3Y-2. The van der Waals surface area contributed by atoms with Crippen LogP contribution in [0.1, 0.15) is 13.3 Å². The van der Waals surface area contributed by atoms with E-state index >= 15 is 0 Å². The summed E-state index contributed by atoms with van der Waals surface area (Å²) in [4.78, 5) is 30.8. The molecular weight excluding hydrogens is 287 g/mol. The molecule has 0 unspecified atom stereocenters. The van der Waals surface area contributed by atoms with Crippen LogP contribution in [0, 0.1) is 7.43 Å². The third kappa shape index (κ3) is 5.89. The minimum absolute atomic E-state index is 0. The molecule has 5 nitrogen and oxygen atoms in total. The van der Waals surface area contributed by atoms with Gasteiger partial charge >= 0.3 is 11.8 Å². The number of alkyl halides is 2. The predicted molar refractivity (Wildman–Crippen MR) is 44.1 cm³/mol. The second-order valence-corrected chi connectivity index (χ2v) is 2.13. The zero-order chi connectivity index (χ0) is 10.6. The summed E-state index contributed by atoms with van der Waals surface area (Å²) in [5.41, 5.74) is 6.05. The van der Waals surface area contributed by atoms with Gasteiger partial charge in [0.25, 0.3) is 0 Å². The Morgan fingerprint density at radius 2 is 1.73 bits per heavy atom. The summed E-state index contributed by atoms with van der Waals surface area (Å²) in [6, 6.07) is 0. The van der Waals surface area contributed by atoms with Crippen LogP contribution in [-0.2, 0) is 47.1 Å². The van der Waals surface area contributed by atoms with Crippen molar-refractivity contribution < 1.29 is 55.9 Å². The van der Waals surface area contributed by atoms with Crippen LogP contribution in [-0.4, -0.2) is 23.6 Å². The molecule has 85 valence electrons. The zero-order valence-electron chi connectivity index (χ0n) is 8.27. The molecule has 0 bridgehead atoms. The van der Waals surface area contributed by atoms with Crippen molar-refractivity contribution in [1.29, 1.82) is 0 Å². The largest absolute Gasteiger partial charge is 0.662 e. The number of nitrogens with one attached hydrogen (secondary N) is 2. The van der Waals surface area contributed by atoms with E-state index < -0.39 is 23.6 Å². The van der Waals surface area contributed by atoms with Crippen molar-refractivity contribution in [3.8, 4) is 0 Å². The maximum absolute atomic E-state index is 12.3. The number of rotatable bonds is 3. The Labute approximate surface area is 111 Å². The predicted octanol–water partition coefficient (Wildman–Crippen LogP) is 0.701. The summed E-state index contributed by atoms with van der Waals surface area (Å²) >= 11 is 0. The van der Waals surface area contributed by atoms with Crippen molar-refractivity contribution in [3.05, 3.63) is 13.2 Å². The number of hydrogen-bond donors (Lipinski definition) is 1. The summed E-state index contributed by atoms with van der Waals surface area (Å²) in [5.74, 6) is -9.77. The van der Waals surface area contributed by atoms with Gasteiger partial charge in [0, 0.05) is 39.1 Å². The van der Waals surface area contributed by atoms with E-state index in [4.69, 9.17) is 5.73 Å². The standard InChI is InChI=1S/C6H8F2N2O3.CH3.Y/c1-2-3(11)10-5(13)6(7,8)4(9)12;;/h2H2,1H3,(H3,9,10,11,12,13);1H3;/q;-1;/p-1. The van der Waals surface area contributed by atoms with Gasteiger partial charge in [-0.3, -0.25) is 14.9 Å². The van der Waals surface area contributed by atoms with Gasteiger partial charge in [0.15, 0.2) is 0 Å². The molecule has 0 heterocycles. The Hall–Kier alpha value is -0.426. The van der Waals surface area contributed by atoms with Crippen LogP contribution in [0.15, 0.2) is 0 Å². The maximum atomic E-state index is 12.3. The van der Waals surface area contributed by atoms with Gasteiger partial charge in [-0.25, -0.2) is 0 Å². The number of hydrogen-bond acceptors (Lipinski definition) is 3. The van der Waals surface area contributed by atoms with Crippen LogP contribution in [0.5, 0.6) is 0 Å². The van der Waals surface area contributed by atoms with Crippen molar-refractivity contribution in [2.24, 2.45) is 0 Å². The summed E-state index contributed by atoms with van der Waals surface area (Å²) in [6.07, 6.45) is -0.159. The van der Waals surface area contributed by atoms with Gasteiger partial charge in [-0.1, -0.05) is 6.92 Å². The Morgan fingerprint density at radius 3 is 2.00 bits per heavy atom. The smallest absolute Gasteiger partial charge is 0.365 e. The number of imide groups is 1. The van der Waals surface area contributed by atoms with Crippen molar-refractivity contribution in [3.63, 3.8) is 0 Å². The molecule has 3 amide bonds. The Morgan fingerprint density at radius 1 is 1.33 bits per heavy atom. The molecule has 0 spiro atoms. The molecule has 0 atom stereocenters. The maximum Gasteiger partial charge on any atom is 0.365 e. The first-order valence-electron chi connectivity index (χ1n) is 3.30. The van der Waals surface area contributed by atoms with Gasteiger partial charge < -0.3 is 18.0 Å². The van der Waals surface area contributed by atoms with Crippen LogP contribution in [0.2, 0.25) is 0 Å². The fourth-order valence-corrected chi connectivity index (χ4v) is 0.397. The molecule has 0 aromatic carbocycles. The second kappa shape index (κ2) is 7.81. The van der Waals surface area contributed by atoms with E-state index in [0.29, 0.717) is 0 Å². The summed E-state index contributed by atoms with van der Waals surface area (Å²) in [7, 11) is 0. The monoisotopic (exact) mass is 297 g/mol. The van der Waals surface area contributed by atoms with Gasteiger partial charge in [0.2, 0.25) is 5.91 Å². The SMILES string of the molecule is CCC(=O)NC(=O)C(F)(F)C([NH-])=O.[CH3-].[Y]. The van der Waals surface area contributed by atoms with Crippen LogP contribution in [0.25, 0.3) is 5.73 Å². The van der Waals surface area contributed by atoms with Crippen LogP contribution in [0.4, 0.5) is 8.78 Å². The molecule has 0 aromatic heterocycles. The average Bonchev–Trinajstić information content (AvgIpc) is 2.03. The number of halogens is 2. The third-order valence-corrected chi connectivity index (χ3v) is 1.14. The van der Waals surface area contributed by atoms with Crippen molar-refractivity contribution in [2.75, 3.05) is 0 Å². The van der Waals surface area contributed by atoms with Gasteiger partial charge in [-0.05, 0) is 0 Å². The first kappa shape index (κ1) is 20.0. The number of carbonyl (C=O) groups excluding carboxylic acids is 3. The fraction of sp³-hybridized carbons (Fsp3) is 0.429. The first-order chi connectivity index (χ1) is 5.82. The molecule has 0 aliphatic rings. The van der Waals surface area contributed by atoms with E-state index in [0.717, 1.165) is 0 Å². The van der Waals surface area contributed by atoms with Crippen LogP contribution >= 0.6 is 0 Å². The minimum Gasteiger partial charge on any atom is -0.662 e. The van der Waals surface area contributed by atoms with Crippen molar-refractivity contribution in [1.82, 2.24) is 5.32 Å². The molecule has 0 rings (SSSR count). The third-order valence-electron chi connectivity index (χ3n) is 1.14. The molecule has 8 heteroatoms. The quantitative estimate of drug-likeness (QED) is 0.614. The molecule has 0 saturated heterocycles. The fourth-order valence-electron chi connectivity index (χ4n) is 0.397. The molecule has 0 saturated carbocycles. The molecule has 0 aliphatic heterocycles. The van der Waals surface area contributed by atoms with E-state index in [1.165, 1.54) is 12.2 Å². The summed E-state index contributed by atoms with van der Waals surface area (Å²) in [6.45, 7) is 1.35. The first-order valence-corrected chi connectivity index (χ1v) is 3.30. The Balaban J connectivity index is -0.000000720. The molecule has 1 radical (unpaired) electrons. The van der Waals surface area contributed by atoms with Crippen LogP contribution in [0.3, 0.4) is 0 Å². The van der Waals surface area contributed by atoms with Gasteiger partial charge in [-0.15, -0.1) is 0 Å². The van der Waals surface area contributed by atoms with E-state index in [-0.39, 0.29) is 46.6 Å².